The summed E-state index contributed by atoms with van der Waals surface area (Å²) in [6.07, 6.45) is 0. The topological polar surface area (TPSA) is 68.3 Å². The maximum Gasteiger partial charge on any atom is 0.292 e. The highest BCUT2D eigenvalue weighted by molar-refractivity contribution is 6.06. The van der Waals surface area contributed by atoms with Crippen LogP contribution in [0.4, 0.5) is 5.82 Å². The molecule has 20 heavy (non-hydrogen) atoms. The molecule has 0 saturated carbocycles. The predicted molar refractivity (Wildman–Crippen MR) is 74.9 cm³/mol. The maximum atomic E-state index is 12.2. The summed E-state index contributed by atoms with van der Waals surface area (Å²) in [5, 5.41) is 7.34. The highest BCUT2D eigenvalue weighted by Crippen LogP contribution is 2.26. The van der Waals surface area contributed by atoms with E-state index in [1.165, 1.54) is 0 Å². The van der Waals surface area contributed by atoms with E-state index in [0.29, 0.717) is 22.9 Å². The Morgan fingerprint density at radius 1 is 1.20 bits per heavy atom. The number of carbonyl (C=O) groups is 1. The molecule has 0 aliphatic rings. The minimum absolute atomic E-state index is 0.297. The predicted octanol–water partition coefficient (Wildman–Crippen LogP) is 3.60. The smallest absolute Gasteiger partial charge is 0.292 e. The molecule has 1 aromatic carbocycles. The van der Waals surface area contributed by atoms with Crippen molar-refractivity contribution in [1.29, 1.82) is 0 Å². The normalized spacial score (nSPS) is 10.9. The summed E-state index contributed by atoms with van der Waals surface area (Å²) in [6, 6.07) is 7.48. The fourth-order valence-corrected chi connectivity index (χ4v) is 2.15. The summed E-state index contributed by atoms with van der Waals surface area (Å²) in [6.45, 7) is 5.63. The molecular weight excluding hydrogens is 256 g/mol. The number of carbonyl (C=O) groups excluding carboxylic acids is 1. The Morgan fingerprint density at radius 2 is 2.00 bits per heavy atom. The first-order valence-electron chi connectivity index (χ1n) is 6.29. The van der Waals surface area contributed by atoms with E-state index in [9.17, 15) is 4.79 Å². The Morgan fingerprint density at radius 3 is 2.70 bits per heavy atom. The third-order valence-corrected chi connectivity index (χ3v) is 3.17. The Hall–Kier alpha value is -2.56. The zero-order valence-corrected chi connectivity index (χ0v) is 11.5. The molecule has 0 atom stereocenters. The first kappa shape index (κ1) is 12.5. The zero-order chi connectivity index (χ0) is 14.3. The Kier molecular flexibility index (Phi) is 2.82. The van der Waals surface area contributed by atoms with Gasteiger partial charge in [0.25, 0.3) is 5.91 Å². The van der Waals surface area contributed by atoms with Crippen molar-refractivity contribution < 1.29 is 13.7 Å². The summed E-state index contributed by atoms with van der Waals surface area (Å²) in [4.78, 5) is 12.2. The van der Waals surface area contributed by atoms with Gasteiger partial charge in [-0.1, -0.05) is 16.8 Å². The number of hydrogen-bond acceptors (Lipinski definition) is 4. The van der Waals surface area contributed by atoms with Gasteiger partial charge in [-0.2, -0.15) is 0 Å². The number of rotatable bonds is 2. The molecule has 1 N–H and O–H groups in total. The van der Waals surface area contributed by atoms with Crippen LogP contribution in [0.3, 0.4) is 0 Å². The van der Waals surface area contributed by atoms with Crippen molar-refractivity contribution in [3.8, 4) is 0 Å². The Bertz CT molecular complexity index is 799. The molecule has 0 radical (unpaired) electrons. The molecule has 2 aromatic heterocycles. The van der Waals surface area contributed by atoms with Crippen molar-refractivity contribution in [2.45, 2.75) is 20.8 Å². The van der Waals surface area contributed by atoms with Crippen molar-refractivity contribution in [2.75, 3.05) is 5.32 Å². The van der Waals surface area contributed by atoms with Crippen molar-refractivity contribution in [2.24, 2.45) is 0 Å². The van der Waals surface area contributed by atoms with E-state index in [4.69, 9.17) is 8.94 Å². The van der Waals surface area contributed by atoms with E-state index in [2.05, 4.69) is 10.5 Å². The summed E-state index contributed by atoms with van der Waals surface area (Å²) in [7, 11) is 0. The lowest BCUT2D eigenvalue weighted by Gasteiger charge is -1.98. The van der Waals surface area contributed by atoms with E-state index in [1.54, 1.807) is 13.0 Å². The first-order chi connectivity index (χ1) is 9.54. The van der Waals surface area contributed by atoms with Gasteiger partial charge in [0.2, 0.25) is 0 Å². The van der Waals surface area contributed by atoms with Crippen LogP contribution in [-0.4, -0.2) is 11.1 Å². The van der Waals surface area contributed by atoms with E-state index >= 15 is 0 Å². The van der Waals surface area contributed by atoms with Crippen LogP contribution in [0.1, 0.15) is 27.4 Å². The average Bonchev–Trinajstić information content (AvgIpc) is 2.94. The molecule has 0 unspecified atom stereocenters. The quantitative estimate of drug-likeness (QED) is 0.772. The van der Waals surface area contributed by atoms with E-state index in [-0.39, 0.29) is 5.91 Å². The van der Waals surface area contributed by atoms with Crippen LogP contribution in [0, 0.1) is 20.8 Å². The molecule has 0 aliphatic carbocycles. The molecule has 0 bridgehead atoms. The molecule has 0 spiro atoms. The number of hydrogen-bond donors (Lipinski definition) is 1. The number of nitrogens with one attached hydrogen (secondary N) is 1. The summed E-state index contributed by atoms with van der Waals surface area (Å²) in [5.41, 5.74) is 2.65. The number of furan rings is 1. The monoisotopic (exact) mass is 270 g/mol. The molecule has 2 heterocycles. The number of benzene rings is 1. The summed E-state index contributed by atoms with van der Waals surface area (Å²) < 4.78 is 10.5. The lowest BCUT2D eigenvalue weighted by atomic mass is 10.1. The van der Waals surface area contributed by atoms with E-state index < -0.39 is 0 Å². The SMILES string of the molecule is Cc1ccc2oc(C(=O)Nc3cc(C)on3)c(C)c2c1. The molecular formula is C15H14N2O3. The van der Waals surface area contributed by atoms with Gasteiger partial charge in [0, 0.05) is 17.0 Å². The average molecular weight is 270 g/mol. The number of nitrogens with zero attached hydrogens (tertiary/aromatic N) is 1. The Balaban J connectivity index is 1.97. The van der Waals surface area contributed by atoms with Gasteiger partial charge in [-0.05, 0) is 32.9 Å². The van der Waals surface area contributed by atoms with Crippen LogP contribution in [0.2, 0.25) is 0 Å². The first-order valence-corrected chi connectivity index (χ1v) is 6.29. The minimum Gasteiger partial charge on any atom is -0.451 e. The second-order valence-electron chi connectivity index (χ2n) is 4.83. The van der Waals surface area contributed by atoms with Crippen molar-refractivity contribution >= 4 is 22.7 Å². The van der Waals surface area contributed by atoms with Crippen LogP contribution in [0.25, 0.3) is 11.0 Å². The molecule has 0 aliphatic heterocycles. The van der Waals surface area contributed by atoms with Crippen LogP contribution in [-0.2, 0) is 0 Å². The van der Waals surface area contributed by atoms with Gasteiger partial charge < -0.3 is 14.3 Å². The Labute approximate surface area is 115 Å². The second-order valence-corrected chi connectivity index (χ2v) is 4.83. The highest BCUT2D eigenvalue weighted by atomic mass is 16.5. The number of amides is 1. The maximum absolute atomic E-state index is 12.2. The number of aryl methyl sites for hydroxylation is 3. The molecule has 5 nitrogen and oxygen atoms in total. The molecule has 1 amide bonds. The lowest BCUT2D eigenvalue weighted by molar-refractivity contribution is 0.0997. The van der Waals surface area contributed by atoms with Crippen molar-refractivity contribution in [3.05, 3.63) is 46.9 Å². The highest BCUT2D eigenvalue weighted by Gasteiger charge is 2.18. The molecule has 0 fully saturated rings. The minimum atomic E-state index is -0.329. The number of fused-ring (bicyclic) bond motifs is 1. The molecule has 5 heteroatoms. The molecule has 0 saturated heterocycles. The van der Waals surface area contributed by atoms with Gasteiger partial charge in [0.05, 0.1) is 0 Å². The van der Waals surface area contributed by atoms with Crippen molar-refractivity contribution in [1.82, 2.24) is 5.16 Å². The van der Waals surface area contributed by atoms with E-state index in [0.717, 1.165) is 16.5 Å². The zero-order valence-electron chi connectivity index (χ0n) is 11.5. The van der Waals surface area contributed by atoms with Crippen LogP contribution < -0.4 is 5.32 Å². The second kappa shape index (κ2) is 4.52. The fraction of sp³-hybridized carbons (Fsp3) is 0.200. The van der Waals surface area contributed by atoms with Crippen molar-refractivity contribution in [3.63, 3.8) is 0 Å². The third-order valence-electron chi connectivity index (χ3n) is 3.17. The van der Waals surface area contributed by atoms with Gasteiger partial charge >= 0.3 is 0 Å². The van der Waals surface area contributed by atoms with Gasteiger partial charge in [0.1, 0.15) is 11.3 Å². The largest absolute Gasteiger partial charge is 0.451 e. The summed E-state index contributed by atoms with van der Waals surface area (Å²) in [5.74, 6) is 0.983. The molecule has 3 rings (SSSR count). The van der Waals surface area contributed by atoms with Crippen LogP contribution in [0.5, 0.6) is 0 Å². The fourth-order valence-electron chi connectivity index (χ4n) is 2.15. The molecule has 3 aromatic rings. The summed E-state index contributed by atoms with van der Waals surface area (Å²) >= 11 is 0. The van der Waals surface area contributed by atoms with Gasteiger partial charge in [-0.15, -0.1) is 0 Å². The lowest BCUT2D eigenvalue weighted by Crippen LogP contribution is -2.12. The van der Waals surface area contributed by atoms with Gasteiger partial charge in [0.15, 0.2) is 11.6 Å². The van der Waals surface area contributed by atoms with E-state index in [1.807, 2.05) is 32.0 Å². The standard InChI is InChI=1S/C15H14N2O3/c1-8-4-5-12-11(6-8)10(3)14(19-12)15(18)16-13-7-9(2)20-17-13/h4-7H,1-3H3,(H,16,17,18). The van der Waals surface area contributed by atoms with Gasteiger partial charge in [-0.25, -0.2) is 0 Å². The molecule has 102 valence electrons. The van der Waals surface area contributed by atoms with Gasteiger partial charge in [-0.3, -0.25) is 4.79 Å². The third kappa shape index (κ3) is 2.07. The number of aromatic nitrogens is 1. The van der Waals surface area contributed by atoms with Crippen LogP contribution in [0.15, 0.2) is 33.2 Å². The van der Waals surface area contributed by atoms with Crippen LogP contribution >= 0.6 is 0 Å². The number of anilines is 1.